The van der Waals surface area contributed by atoms with Gasteiger partial charge in [0.15, 0.2) is 6.10 Å². The highest BCUT2D eigenvalue weighted by Crippen LogP contribution is 2.34. The number of aliphatic hydroxyl groups excluding tert-OH is 1. The number of pyridine rings is 1. The SMILES string of the molecule is C=CC(=O)N1C[C@H](c2cc(Cl)nc(-c3cc(C(=O)NC)ncn3)c2)O[C@@H]([C@H](O)C(F)(F)F)C1. The third-order valence-electron chi connectivity index (χ3n) is 4.88. The van der Waals surface area contributed by atoms with Gasteiger partial charge in [-0.3, -0.25) is 9.59 Å². The lowest BCUT2D eigenvalue weighted by molar-refractivity contribution is -0.253. The van der Waals surface area contributed by atoms with E-state index in [1.807, 2.05) is 0 Å². The van der Waals surface area contributed by atoms with Gasteiger partial charge in [0.25, 0.3) is 5.91 Å². The average molecular weight is 486 g/mol. The number of hydrogen-bond acceptors (Lipinski definition) is 7. The third-order valence-corrected chi connectivity index (χ3v) is 5.07. The van der Waals surface area contributed by atoms with Crippen LogP contribution in [0.1, 0.15) is 22.2 Å². The molecule has 0 spiro atoms. The quantitative estimate of drug-likeness (QED) is 0.491. The molecule has 2 amide bonds. The predicted molar refractivity (Wildman–Crippen MR) is 110 cm³/mol. The molecule has 9 nitrogen and oxygen atoms in total. The molecule has 0 aromatic carbocycles. The first-order valence-electron chi connectivity index (χ1n) is 9.57. The standard InChI is InChI=1S/C20H19ClF3N5O4/c1-3-17(30)29-7-14(33-15(8-29)18(31)20(22,23)24)10-4-12(28-16(21)5-10)11-6-13(19(32)25-2)27-9-26-11/h3-6,9,14-15,18,31H,1,7-8H2,2H3,(H,25,32)/t14-,15-,18+/m1/s1. The van der Waals surface area contributed by atoms with Crippen LogP contribution >= 0.6 is 11.6 Å². The molecule has 1 aliphatic heterocycles. The van der Waals surface area contributed by atoms with Gasteiger partial charge in [0, 0.05) is 7.05 Å². The fraction of sp³-hybridized carbons (Fsp3) is 0.350. The Morgan fingerprint density at radius 1 is 1.30 bits per heavy atom. The minimum Gasteiger partial charge on any atom is -0.381 e. The number of halogens is 4. The maximum atomic E-state index is 13.1. The van der Waals surface area contributed by atoms with Gasteiger partial charge in [-0.05, 0) is 29.8 Å². The number of morpholine rings is 1. The van der Waals surface area contributed by atoms with Gasteiger partial charge in [-0.15, -0.1) is 0 Å². The zero-order valence-electron chi connectivity index (χ0n) is 17.2. The van der Waals surface area contributed by atoms with E-state index >= 15 is 0 Å². The van der Waals surface area contributed by atoms with Crippen molar-refractivity contribution in [2.24, 2.45) is 0 Å². The largest absolute Gasteiger partial charge is 0.416 e. The molecule has 1 saturated heterocycles. The van der Waals surface area contributed by atoms with Gasteiger partial charge >= 0.3 is 6.18 Å². The summed E-state index contributed by atoms with van der Waals surface area (Å²) >= 11 is 6.13. The summed E-state index contributed by atoms with van der Waals surface area (Å²) in [6.07, 6.45) is -8.45. The number of carbonyl (C=O) groups is 2. The summed E-state index contributed by atoms with van der Waals surface area (Å²) in [5.41, 5.74) is 0.796. The summed E-state index contributed by atoms with van der Waals surface area (Å²) in [5, 5.41) is 12.1. The Kier molecular flexibility index (Phi) is 7.30. The van der Waals surface area contributed by atoms with Crippen molar-refractivity contribution in [1.29, 1.82) is 0 Å². The first-order chi connectivity index (χ1) is 15.5. The predicted octanol–water partition coefficient (Wildman–Crippen LogP) is 1.93. The molecule has 1 aliphatic rings. The smallest absolute Gasteiger partial charge is 0.381 e. The number of hydrogen-bond donors (Lipinski definition) is 2. The van der Waals surface area contributed by atoms with Crippen LogP contribution in [0.4, 0.5) is 13.2 Å². The Hall–Kier alpha value is -3.09. The molecule has 2 aromatic heterocycles. The Labute approximate surface area is 191 Å². The molecular weight excluding hydrogens is 467 g/mol. The molecule has 0 unspecified atom stereocenters. The van der Waals surface area contributed by atoms with Crippen LogP contribution in [0.2, 0.25) is 5.15 Å². The second kappa shape index (κ2) is 9.81. The number of amides is 2. The minimum absolute atomic E-state index is 0.0219. The summed E-state index contributed by atoms with van der Waals surface area (Å²) in [6.45, 7) is 2.77. The van der Waals surface area contributed by atoms with E-state index in [9.17, 15) is 27.9 Å². The van der Waals surface area contributed by atoms with Crippen molar-refractivity contribution < 1.29 is 32.6 Å². The maximum absolute atomic E-state index is 13.1. The van der Waals surface area contributed by atoms with Crippen molar-refractivity contribution >= 4 is 23.4 Å². The average Bonchev–Trinajstić information content (AvgIpc) is 2.81. The zero-order valence-corrected chi connectivity index (χ0v) is 18.0. The normalized spacial score (nSPS) is 19.6. The van der Waals surface area contributed by atoms with Crippen molar-refractivity contribution in [3.63, 3.8) is 0 Å². The van der Waals surface area contributed by atoms with Crippen LogP contribution in [0.3, 0.4) is 0 Å². The molecule has 33 heavy (non-hydrogen) atoms. The number of nitrogens with one attached hydrogen (secondary N) is 1. The number of alkyl halides is 3. The molecule has 1 fully saturated rings. The Morgan fingerprint density at radius 2 is 2.03 bits per heavy atom. The van der Waals surface area contributed by atoms with Gasteiger partial charge in [0.2, 0.25) is 5.91 Å². The van der Waals surface area contributed by atoms with Crippen LogP contribution in [0.5, 0.6) is 0 Å². The van der Waals surface area contributed by atoms with Gasteiger partial charge in [0.1, 0.15) is 29.4 Å². The fourth-order valence-electron chi connectivity index (χ4n) is 3.25. The van der Waals surface area contributed by atoms with Crippen molar-refractivity contribution in [3.8, 4) is 11.4 Å². The number of rotatable bonds is 5. The molecule has 0 saturated carbocycles. The van der Waals surface area contributed by atoms with Crippen molar-refractivity contribution in [2.75, 3.05) is 20.1 Å². The summed E-state index contributed by atoms with van der Waals surface area (Å²) in [7, 11) is 1.43. The van der Waals surface area contributed by atoms with Crippen LogP contribution in [0.25, 0.3) is 11.4 Å². The number of carbonyl (C=O) groups excluding carboxylic acids is 2. The zero-order chi connectivity index (χ0) is 24.3. The number of ether oxygens (including phenoxy) is 1. The van der Waals surface area contributed by atoms with Crippen LogP contribution in [0, 0.1) is 0 Å². The molecule has 2 aromatic rings. The molecule has 2 N–H and O–H groups in total. The summed E-state index contributed by atoms with van der Waals surface area (Å²) < 4.78 is 44.9. The Bertz CT molecular complexity index is 1070. The molecule has 176 valence electrons. The van der Waals surface area contributed by atoms with Crippen molar-refractivity contribution in [1.82, 2.24) is 25.2 Å². The van der Waals surface area contributed by atoms with Crippen LogP contribution in [-0.4, -0.2) is 75.3 Å². The molecule has 3 rings (SSSR count). The Balaban J connectivity index is 1.99. The highest BCUT2D eigenvalue weighted by atomic mass is 35.5. The molecule has 0 aliphatic carbocycles. The van der Waals surface area contributed by atoms with E-state index in [2.05, 4.69) is 26.8 Å². The minimum atomic E-state index is -4.95. The van der Waals surface area contributed by atoms with Crippen LogP contribution < -0.4 is 5.32 Å². The Morgan fingerprint density at radius 3 is 2.67 bits per heavy atom. The molecule has 0 bridgehead atoms. The lowest BCUT2D eigenvalue weighted by atomic mass is 10.0. The van der Waals surface area contributed by atoms with E-state index in [0.29, 0.717) is 5.56 Å². The van der Waals surface area contributed by atoms with E-state index in [1.54, 1.807) is 0 Å². The van der Waals surface area contributed by atoms with Gasteiger partial charge in [0.05, 0.1) is 24.5 Å². The summed E-state index contributed by atoms with van der Waals surface area (Å²) in [6, 6.07) is 4.20. The van der Waals surface area contributed by atoms with Gasteiger partial charge in [-0.2, -0.15) is 13.2 Å². The van der Waals surface area contributed by atoms with E-state index in [4.69, 9.17) is 16.3 Å². The molecule has 3 atom stereocenters. The summed E-state index contributed by atoms with van der Waals surface area (Å²) in [4.78, 5) is 37.2. The van der Waals surface area contributed by atoms with E-state index < -0.39 is 42.8 Å². The second-order valence-corrected chi connectivity index (χ2v) is 7.46. The van der Waals surface area contributed by atoms with Gasteiger partial charge < -0.3 is 20.1 Å². The molecular formula is C20H19ClF3N5O4. The second-order valence-electron chi connectivity index (χ2n) is 7.07. The highest BCUT2D eigenvalue weighted by Gasteiger charge is 2.47. The number of nitrogens with zero attached hydrogens (tertiary/aromatic N) is 4. The van der Waals surface area contributed by atoms with E-state index in [1.165, 1.54) is 25.2 Å². The lowest BCUT2D eigenvalue weighted by Gasteiger charge is -2.40. The topological polar surface area (TPSA) is 118 Å². The fourth-order valence-corrected chi connectivity index (χ4v) is 3.47. The van der Waals surface area contributed by atoms with Crippen LogP contribution in [-0.2, 0) is 9.53 Å². The third kappa shape index (κ3) is 5.64. The number of aromatic nitrogens is 3. The molecule has 3 heterocycles. The van der Waals surface area contributed by atoms with E-state index in [-0.39, 0.29) is 28.8 Å². The summed E-state index contributed by atoms with van der Waals surface area (Å²) in [5.74, 6) is -1.08. The van der Waals surface area contributed by atoms with Crippen molar-refractivity contribution in [3.05, 3.63) is 53.6 Å². The first kappa shape index (κ1) is 24.6. The highest BCUT2D eigenvalue weighted by molar-refractivity contribution is 6.29. The van der Waals surface area contributed by atoms with E-state index in [0.717, 1.165) is 17.3 Å². The van der Waals surface area contributed by atoms with Crippen LogP contribution in [0.15, 0.2) is 37.2 Å². The maximum Gasteiger partial charge on any atom is 0.416 e. The molecule has 13 heteroatoms. The van der Waals surface area contributed by atoms with Crippen molar-refractivity contribution in [2.45, 2.75) is 24.5 Å². The van der Waals surface area contributed by atoms with Gasteiger partial charge in [-0.1, -0.05) is 18.2 Å². The number of aliphatic hydroxyl groups is 1. The lowest BCUT2D eigenvalue weighted by Crippen LogP contribution is -2.54. The molecule has 0 radical (unpaired) electrons. The monoisotopic (exact) mass is 485 g/mol. The van der Waals surface area contributed by atoms with Gasteiger partial charge in [-0.25, -0.2) is 15.0 Å². The first-order valence-corrected chi connectivity index (χ1v) is 9.94.